The molecule has 8 rings (SSSR count). The highest BCUT2D eigenvalue weighted by atomic mass is 32.1. The summed E-state index contributed by atoms with van der Waals surface area (Å²) in [4.78, 5) is 46.7. The summed E-state index contributed by atoms with van der Waals surface area (Å²) < 4.78 is 0.702. The van der Waals surface area contributed by atoms with Gasteiger partial charge >= 0.3 is 0 Å². The summed E-state index contributed by atoms with van der Waals surface area (Å²) >= 11 is 1.44. The molecule has 4 heterocycles. The number of aromatic nitrogens is 4. The number of hydrogen-bond acceptors (Lipinski definition) is 8. The first-order valence-electron chi connectivity index (χ1n) is 13.8. The standard InChI is InChI=1S/C28H33N7O2S/c1-15(20-4-3-5-29-12-20)30-27-33-22(23-24(34-27)31-16(2)38-23)25(36)35-13-21(14-35)32-26(37)28-9-17-6-18(10-28)8-19(7-17)11-28/h3-5,12,15,17-19,21H,6-11,13-14H2,1-2H3,(H,32,37)(H,30,33,34). The van der Waals surface area contributed by atoms with Gasteiger partial charge in [-0.3, -0.25) is 14.6 Å². The largest absolute Gasteiger partial charge is 0.349 e. The number of pyridine rings is 1. The predicted octanol–water partition coefficient (Wildman–Crippen LogP) is 4.12. The number of likely N-dealkylation sites (tertiary alicyclic amines) is 1. The Kier molecular flexibility index (Phi) is 5.65. The van der Waals surface area contributed by atoms with Crippen LogP contribution in [0.5, 0.6) is 0 Å². The van der Waals surface area contributed by atoms with Crippen LogP contribution in [0.2, 0.25) is 0 Å². The molecule has 0 radical (unpaired) electrons. The number of fused-ring (bicyclic) bond motifs is 1. The van der Waals surface area contributed by atoms with Gasteiger partial charge in [0.15, 0.2) is 11.3 Å². The Labute approximate surface area is 225 Å². The van der Waals surface area contributed by atoms with E-state index in [9.17, 15) is 9.59 Å². The lowest BCUT2D eigenvalue weighted by Crippen LogP contribution is -2.64. The monoisotopic (exact) mass is 531 g/mol. The van der Waals surface area contributed by atoms with Crippen molar-refractivity contribution in [3.8, 4) is 0 Å². The lowest BCUT2D eigenvalue weighted by molar-refractivity contribution is -0.148. The van der Waals surface area contributed by atoms with Crippen LogP contribution >= 0.6 is 11.3 Å². The maximum absolute atomic E-state index is 13.6. The molecule has 0 aromatic carbocycles. The van der Waals surface area contributed by atoms with Crippen molar-refractivity contribution < 1.29 is 9.59 Å². The SMILES string of the molecule is Cc1nc2nc(NC(C)c3cccnc3)nc(C(=O)N3CC(NC(=O)C45CC6CC(CC(C6)C4)C5)C3)c2s1. The molecule has 4 aliphatic carbocycles. The molecule has 3 aromatic rings. The van der Waals surface area contributed by atoms with Gasteiger partial charge in [0.2, 0.25) is 11.9 Å². The van der Waals surface area contributed by atoms with Crippen molar-refractivity contribution in [2.75, 3.05) is 18.4 Å². The Morgan fingerprint density at radius 1 is 1.08 bits per heavy atom. The van der Waals surface area contributed by atoms with Gasteiger partial charge in [-0.05, 0) is 81.8 Å². The van der Waals surface area contributed by atoms with Gasteiger partial charge < -0.3 is 15.5 Å². The third-order valence-corrected chi connectivity index (χ3v) is 10.1. The number of aryl methyl sites for hydroxylation is 1. The molecule has 0 spiro atoms. The summed E-state index contributed by atoms with van der Waals surface area (Å²) in [6.45, 7) is 4.93. The Morgan fingerprint density at radius 3 is 2.45 bits per heavy atom. The third kappa shape index (κ3) is 4.13. The average molecular weight is 532 g/mol. The molecule has 1 unspecified atom stereocenters. The van der Waals surface area contributed by atoms with Crippen molar-refractivity contribution in [3.05, 3.63) is 40.8 Å². The highest BCUT2D eigenvalue weighted by Gasteiger charge is 2.55. The van der Waals surface area contributed by atoms with Gasteiger partial charge in [-0.1, -0.05) is 6.07 Å². The number of rotatable bonds is 6. The van der Waals surface area contributed by atoms with Crippen LogP contribution in [0.1, 0.15) is 72.6 Å². The Morgan fingerprint density at radius 2 is 1.79 bits per heavy atom. The maximum atomic E-state index is 13.6. The zero-order valence-electron chi connectivity index (χ0n) is 21.8. The minimum Gasteiger partial charge on any atom is -0.349 e. The molecule has 5 aliphatic rings. The molecular formula is C28H33N7O2S. The molecule has 9 nitrogen and oxygen atoms in total. The van der Waals surface area contributed by atoms with Crippen molar-refractivity contribution >= 4 is 39.4 Å². The van der Waals surface area contributed by atoms with Gasteiger partial charge in [-0.15, -0.1) is 11.3 Å². The van der Waals surface area contributed by atoms with E-state index in [0.717, 1.165) is 47.6 Å². The summed E-state index contributed by atoms with van der Waals surface area (Å²) in [6, 6.07) is 3.79. The number of nitrogens with zero attached hydrogens (tertiary/aromatic N) is 5. The fourth-order valence-corrected chi connectivity index (χ4v) is 8.50. The van der Waals surface area contributed by atoms with Crippen LogP contribution in [0.4, 0.5) is 5.95 Å². The fraction of sp³-hybridized carbons (Fsp3) is 0.571. The first kappa shape index (κ1) is 23.9. The van der Waals surface area contributed by atoms with E-state index in [0.29, 0.717) is 35.1 Å². The number of carbonyl (C=O) groups excluding carboxylic acids is 2. The summed E-state index contributed by atoms with van der Waals surface area (Å²) in [5.41, 5.74) is 1.73. The Bertz CT molecular complexity index is 1370. The van der Waals surface area contributed by atoms with Crippen LogP contribution in [-0.4, -0.2) is 55.8 Å². The number of nitrogens with one attached hydrogen (secondary N) is 2. The van der Waals surface area contributed by atoms with E-state index in [1.807, 2.05) is 26.0 Å². The first-order chi connectivity index (χ1) is 18.3. The second-order valence-corrected chi connectivity index (χ2v) is 13.2. The minimum absolute atomic E-state index is 0.00294. The van der Waals surface area contributed by atoms with E-state index in [4.69, 9.17) is 0 Å². The van der Waals surface area contributed by atoms with Crippen molar-refractivity contribution in [1.82, 2.24) is 30.2 Å². The molecule has 1 saturated heterocycles. The van der Waals surface area contributed by atoms with Crippen LogP contribution in [0.3, 0.4) is 0 Å². The molecule has 1 aliphatic heterocycles. The molecule has 3 aromatic heterocycles. The lowest BCUT2D eigenvalue weighted by atomic mass is 9.49. The molecule has 4 saturated carbocycles. The number of amides is 2. The van der Waals surface area contributed by atoms with Gasteiger partial charge in [-0.2, -0.15) is 4.98 Å². The molecule has 5 fully saturated rings. The van der Waals surface area contributed by atoms with Crippen molar-refractivity contribution in [1.29, 1.82) is 0 Å². The summed E-state index contributed by atoms with van der Waals surface area (Å²) in [5.74, 6) is 2.66. The molecular weight excluding hydrogens is 498 g/mol. The zero-order chi connectivity index (χ0) is 26.0. The molecule has 2 amide bonds. The Balaban J connectivity index is 1.05. The summed E-state index contributed by atoms with van der Waals surface area (Å²) in [7, 11) is 0. The normalized spacial score (nSPS) is 28.8. The summed E-state index contributed by atoms with van der Waals surface area (Å²) in [6.07, 6.45) is 10.7. The summed E-state index contributed by atoms with van der Waals surface area (Å²) in [5, 5.41) is 7.45. The van der Waals surface area contributed by atoms with Crippen LogP contribution in [-0.2, 0) is 4.79 Å². The maximum Gasteiger partial charge on any atom is 0.274 e. The molecule has 38 heavy (non-hydrogen) atoms. The van der Waals surface area contributed by atoms with Gasteiger partial charge in [0.05, 0.1) is 17.1 Å². The minimum atomic E-state index is -0.163. The average Bonchev–Trinajstić information content (AvgIpc) is 3.24. The van der Waals surface area contributed by atoms with Crippen LogP contribution in [0, 0.1) is 30.1 Å². The molecule has 198 valence electrons. The number of carbonyl (C=O) groups is 2. The van der Waals surface area contributed by atoms with E-state index < -0.39 is 0 Å². The van der Waals surface area contributed by atoms with Crippen LogP contribution in [0.25, 0.3) is 10.3 Å². The van der Waals surface area contributed by atoms with E-state index in [1.165, 1.54) is 30.6 Å². The number of anilines is 1. The second kappa shape index (κ2) is 8.97. The first-order valence-corrected chi connectivity index (χ1v) is 14.6. The van der Waals surface area contributed by atoms with Crippen LogP contribution in [0.15, 0.2) is 24.5 Å². The zero-order valence-corrected chi connectivity index (χ0v) is 22.6. The third-order valence-electron chi connectivity index (χ3n) is 9.12. The van der Waals surface area contributed by atoms with Crippen LogP contribution < -0.4 is 10.6 Å². The van der Waals surface area contributed by atoms with Crippen molar-refractivity contribution in [3.63, 3.8) is 0 Å². The number of hydrogen-bond donors (Lipinski definition) is 2. The lowest BCUT2D eigenvalue weighted by Gasteiger charge is -2.56. The quantitative estimate of drug-likeness (QED) is 0.492. The second-order valence-electron chi connectivity index (χ2n) is 12.0. The molecule has 1 atom stereocenters. The molecule has 10 heteroatoms. The van der Waals surface area contributed by atoms with E-state index in [-0.39, 0.29) is 29.3 Å². The topological polar surface area (TPSA) is 113 Å². The van der Waals surface area contributed by atoms with Gasteiger partial charge in [-0.25, -0.2) is 9.97 Å². The molecule has 4 bridgehead atoms. The van der Waals surface area contributed by atoms with E-state index in [1.54, 1.807) is 17.3 Å². The predicted molar refractivity (Wildman–Crippen MR) is 145 cm³/mol. The van der Waals surface area contributed by atoms with E-state index in [2.05, 4.69) is 30.6 Å². The fourth-order valence-electron chi connectivity index (χ4n) is 7.66. The Hall–Kier alpha value is -3.14. The van der Waals surface area contributed by atoms with Crippen molar-refractivity contribution in [2.45, 2.75) is 64.5 Å². The molecule has 2 N–H and O–H groups in total. The van der Waals surface area contributed by atoms with Gasteiger partial charge in [0.1, 0.15) is 4.70 Å². The van der Waals surface area contributed by atoms with Crippen molar-refractivity contribution in [2.24, 2.45) is 23.2 Å². The number of thiazole rings is 1. The van der Waals surface area contributed by atoms with E-state index >= 15 is 0 Å². The smallest absolute Gasteiger partial charge is 0.274 e. The van der Waals surface area contributed by atoms with Gasteiger partial charge in [0.25, 0.3) is 5.91 Å². The van der Waals surface area contributed by atoms with Gasteiger partial charge in [0, 0.05) is 30.9 Å². The highest BCUT2D eigenvalue weighted by Crippen LogP contribution is 2.60. The highest BCUT2D eigenvalue weighted by molar-refractivity contribution is 7.18.